The number of hydrogen-bond donors (Lipinski definition) is 0. The van der Waals surface area contributed by atoms with Gasteiger partial charge in [0, 0.05) is 28.9 Å². The molecule has 1 atom stereocenters. The molecule has 0 aliphatic rings. The van der Waals surface area contributed by atoms with Crippen LogP contribution in [0.3, 0.4) is 0 Å². The van der Waals surface area contributed by atoms with Crippen molar-refractivity contribution in [2.75, 3.05) is 0 Å². The molecule has 0 fully saturated rings. The summed E-state index contributed by atoms with van der Waals surface area (Å²) in [6.07, 6.45) is -0.745. The Morgan fingerprint density at radius 1 is 1.26 bits per heavy atom. The summed E-state index contributed by atoms with van der Waals surface area (Å²) < 4.78 is 6.98. The molecule has 0 saturated heterocycles. The van der Waals surface area contributed by atoms with Gasteiger partial charge in [0.05, 0.1) is 12.1 Å². The predicted octanol–water partition coefficient (Wildman–Crippen LogP) is 3.05. The maximum atomic E-state index is 12.2. The van der Waals surface area contributed by atoms with Crippen molar-refractivity contribution in [2.24, 2.45) is 7.05 Å². The molecule has 0 bridgehead atoms. The lowest BCUT2D eigenvalue weighted by atomic mass is 10.1. The second-order valence-electron chi connectivity index (χ2n) is 5.45. The van der Waals surface area contributed by atoms with E-state index >= 15 is 0 Å². The van der Waals surface area contributed by atoms with Crippen LogP contribution in [0.2, 0.25) is 5.02 Å². The average molecular weight is 335 g/mol. The number of Topliss-reactive ketones (excluding diaryl/α,β-unsaturated/α-hetero) is 1. The summed E-state index contributed by atoms with van der Waals surface area (Å²) in [5.74, 6) is -0.700. The van der Waals surface area contributed by atoms with E-state index in [1.54, 1.807) is 35.9 Å². The number of hydrogen-bond acceptors (Lipinski definition) is 4. The van der Waals surface area contributed by atoms with Crippen LogP contribution in [-0.4, -0.2) is 27.6 Å². The van der Waals surface area contributed by atoms with Crippen molar-refractivity contribution in [3.05, 3.63) is 51.8 Å². The van der Waals surface area contributed by atoms with Gasteiger partial charge >= 0.3 is 5.97 Å². The SMILES string of the molecule is Cc1nn(C)c(C)c1CC(=O)O[C@@H](C)C(=O)c1ccc(Cl)cc1. The molecule has 23 heavy (non-hydrogen) atoms. The molecule has 0 unspecified atom stereocenters. The van der Waals surface area contributed by atoms with Crippen LogP contribution in [0.25, 0.3) is 0 Å². The van der Waals surface area contributed by atoms with Gasteiger partial charge in [-0.2, -0.15) is 5.10 Å². The van der Waals surface area contributed by atoms with Crippen LogP contribution in [0.1, 0.15) is 34.2 Å². The first-order valence-corrected chi connectivity index (χ1v) is 7.65. The van der Waals surface area contributed by atoms with Crippen LogP contribution in [0, 0.1) is 13.8 Å². The minimum Gasteiger partial charge on any atom is -0.454 e. The van der Waals surface area contributed by atoms with E-state index < -0.39 is 12.1 Å². The fraction of sp³-hybridized carbons (Fsp3) is 0.353. The van der Waals surface area contributed by atoms with E-state index in [2.05, 4.69) is 5.10 Å². The topological polar surface area (TPSA) is 61.2 Å². The molecule has 0 spiro atoms. The number of nitrogens with zero attached hydrogens (tertiary/aromatic N) is 2. The molecule has 0 aliphatic heterocycles. The number of aromatic nitrogens is 2. The molecule has 1 heterocycles. The highest BCUT2D eigenvalue weighted by Crippen LogP contribution is 2.15. The van der Waals surface area contributed by atoms with E-state index in [-0.39, 0.29) is 12.2 Å². The average Bonchev–Trinajstić information content (AvgIpc) is 2.73. The predicted molar refractivity (Wildman–Crippen MR) is 87.7 cm³/mol. The zero-order valence-corrected chi connectivity index (χ0v) is 14.3. The van der Waals surface area contributed by atoms with Crippen LogP contribution in [0.15, 0.2) is 24.3 Å². The lowest BCUT2D eigenvalue weighted by molar-refractivity contribution is -0.145. The number of halogens is 1. The first kappa shape index (κ1) is 17.2. The number of aryl methyl sites for hydroxylation is 2. The fourth-order valence-electron chi connectivity index (χ4n) is 2.36. The molecule has 2 aromatic rings. The van der Waals surface area contributed by atoms with Crippen molar-refractivity contribution >= 4 is 23.4 Å². The lowest BCUT2D eigenvalue weighted by Gasteiger charge is -2.12. The third-order valence-electron chi connectivity index (χ3n) is 3.79. The summed E-state index contributed by atoms with van der Waals surface area (Å²) in [4.78, 5) is 24.3. The van der Waals surface area contributed by atoms with Gasteiger partial charge in [-0.15, -0.1) is 0 Å². The Bertz CT molecular complexity index is 735. The largest absolute Gasteiger partial charge is 0.454 e. The Kier molecular flexibility index (Phi) is 5.21. The lowest BCUT2D eigenvalue weighted by Crippen LogP contribution is -2.25. The van der Waals surface area contributed by atoms with E-state index in [4.69, 9.17) is 16.3 Å². The number of esters is 1. The first-order chi connectivity index (χ1) is 10.8. The fourth-order valence-corrected chi connectivity index (χ4v) is 2.48. The van der Waals surface area contributed by atoms with E-state index in [0.717, 1.165) is 17.0 Å². The normalized spacial score (nSPS) is 12.0. The van der Waals surface area contributed by atoms with Gasteiger partial charge in [-0.25, -0.2) is 0 Å². The van der Waals surface area contributed by atoms with Crippen molar-refractivity contribution in [1.29, 1.82) is 0 Å². The molecular weight excluding hydrogens is 316 g/mol. The number of ether oxygens (including phenoxy) is 1. The third kappa shape index (κ3) is 3.99. The number of carbonyl (C=O) groups excluding carboxylic acids is 2. The molecule has 0 N–H and O–H groups in total. The van der Waals surface area contributed by atoms with E-state index in [1.807, 2.05) is 20.9 Å². The quantitative estimate of drug-likeness (QED) is 0.623. The van der Waals surface area contributed by atoms with Gasteiger partial charge in [-0.05, 0) is 45.0 Å². The van der Waals surface area contributed by atoms with Gasteiger partial charge in [-0.3, -0.25) is 14.3 Å². The van der Waals surface area contributed by atoms with Crippen LogP contribution in [0.4, 0.5) is 0 Å². The third-order valence-corrected chi connectivity index (χ3v) is 4.04. The summed E-state index contributed by atoms with van der Waals surface area (Å²) in [5.41, 5.74) is 3.00. The van der Waals surface area contributed by atoms with Gasteiger partial charge in [0.15, 0.2) is 6.10 Å². The van der Waals surface area contributed by atoms with E-state index in [0.29, 0.717) is 10.6 Å². The smallest absolute Gasteiger partial charge is 0.311 e. The Balaban J connectivity index is 2.02. The zero-order chi connectivity index (χ0) is 17.1. The minimum absolute atomic E-state index is 0.101. The summed E-state index contributed by atoms with van der Waals surface area (Å²) >= 11 is 5.80. The first-order valence-electron chi connectivity index (χ1n) is 7.28. The molecule has 122 valence electrons. The number of ketones is 1. The highest BCUT2D eigenvalue weighted by Gasteiger charge is 2.21. The van der Waals surface area contributed by atoms with Crippen molar-refractivity contribution in [1.82, 2.24) is 9.78 Å². The van der Waals surface area contributed by atoms with Gasteiger partial charge in [0.1, 0.15) is 0 Å². The highest BCUT2D eigenvalue weighted by atomic mass is 35.5. The summed E-state index contributed by atoms with van der Waals surface area (Å²) in [6, 6.07) is 6.49. The number of rotatable bonds is 5. The number of carbonyl (C=O) groups is 2. The molecule has 6 heteroatoms. The van der Waals surface area contributed by atoms with Gasteiger partial charge in [0.2, 0.25) is 5.78 Å². The van der Waals surface area contributed by atoms with Crippen LogP contribution in [0.5, 0.6) is 0 Å². The molecule has 0 aliphatic carbocycles. The summed E-state index contributed by atoms with van der Waals surface area (Å²) in [7, 11) is 1.82. The molecule has 1 aromatic heterocycles. The zero-order valence-electron chi connectivity index (χ0n) is 13.6. The maximum Gasteiger partial charge on any atom is 0.311 e. The van der Waals surface area contributed by atoms with Crippen molar-refractivity contribution in [3.63, 3.8) is 0 Å². The Morgan fingerprint density at radius 3 is 2.39 bits per heavy atom. The Morgan fingerprint density at radius 2 is 1.87 bits per heavy atom. The molecule has 0 saturated carbocycles. The van der Waals surface area contributed by atoms with Gasteiger partial charge in [0.25, 0.3) is 0 Å². The number of benzene rings is 1. The second kappa shape index (κ2) is 6.96. The summed E-state index contributed by atoms with van der Waals surface area (Å²) in [5, 5.41) is 4.81. The standard InChI is InChI=1S/C17H19ClN2O3/c1-10-15(11(2)20(4)19-10)9-16(21)23-12(3)17(22)13-5-7-14(18)8-6-13/h5-8,12H,9H2,1-4H3/t12-/m0/s1. The van der Waals surface area contributed by atoms with Crippen molar-refractivity contribution in [3.8, 4) is 0 Å². The van der Waals surface area contributed by atoms with Crippen LogP contribution < -0.4 is 0 Å². The van der Waals surface area contributed by atoms with Gasteiger partial charge in [-0.1, -0.05) is 11.6 Å². The molecule has 5 nitrogen and oxygen atoms in total. The van der Waals surface area contributed by atoms with Gasteiger partial charge < -0.3 is 4.74 Å². The highest BCUT2D eigenvalue weighted by molar-refractivity contribution is 6.30. The monoisotopic (exact) mass is 334 g/mol. The maximum absolute atomic E-state index is 12.2. The molecule has 1 aromatic carbocycles. The molecule has 0 amide bonds. The van der Waals surface area contributed by atoms with Crippen molar-refractivity contribution in [2.45, 2.75) is 33.3 Å². The summed E-state index contributed by atoms with van der Waals surface area (Å²) in [6.45, 7) is 5.31. The molecule has 2 rings (SSSR count). The van der Waals surface area contributed by atoms with E-state index in [1.165, 1.54) is 0 Å². The molecule has 0 radical (unpaired) electrons. The molecular formula is C17H19ClN2O3. The Hall–Kier alpha value is -2.14. The van der Waals surface area contributed by atoms with Crippen LogP contribution in [-0.2, 0) is 23.0 Å². The van der Waals surface area contributed by atoms with Crippen molar-refractivity contribution < 1.29 is 14.3 Å². The second-order valence-corrected chi connectivity index (χ2v) is 5.89. The van der Waals surface area contributed by atoms with Crippen LogP contribution >= 0.6 is 11.6 Å². The minimum atomic E-state index is -0.846. The Labute approximate surface area is 140 Å². The van der Waals surface area contributed by atoms with E-state index in [9.17, 15) is 9.59 Å².